The molecule has 0 amide bonds. The van der Waals surface area contributed by atoms with Crippen LogP contribution in [0.3, 0.4) is 0 Å². The van der Waals surface area contributed by atoms with Gasteiger partial charge in [-0.3, -0.25) is 0 Å². The van der Waals surface area contributed by atoms with Gasteiger partial charge in [-0.1, -0.05) is 11.6 Å². The van der Waals surface area contributed by atoms with Crippen LogP contribution in [0, 0.1) is 5.92 Å². The Morgan fingerprint density at radius 3 is 3.22 bits per heavy atom. The lowest BCUT2D eigenvalue weighted by molar-refractivity contribution is 0.414. The molecule has 1 unspecified atom stereocenters. The maximum atomic E-state index is 6.19. The van der Waals surface area contributed by atoms with E-state index < -0.39 is 0 Å². The lowest BCUT2D eigenvalue weighted by Crippen LogP contribution is -2.12. The predicted molar refractivity (Wildman–Crippen MR) is 71.4 cm³/mol. The Balaban J connectivity index is 1.96. The number of ether oxygens (including phenoxy) is 1. The molecule has 5 heteroatoms. The lowest BCUT2D eigenvalue weighted by Gasteiger charge is -2.07. The first-order valence-corrected chi connectivity index (χ1v) is 6.57. The molecule has 1 aliphatic heterocycles. The van der Waals surface area contributed by atoms with Gasteiger partial charge in [-0.05, 0) is 31.5 Å². The number of rotatable bonds is 3. The highest BCUT2D eigenvalue weighted by Crippen LogP contribution is 2.25. The second-order valence-electron chi connectivity index (χ2n) is 4.70. The largest absolute Gasteiger partial charge is 0.497 e. The van der Waals surface area contributed by atoms with E-state index in [2.05, 4.69) is 14.7 Å². The number of imidazole rings is 1. The van der Waals surface area contributed by atoms with Crippen LogP contribution in [0.4, 0.5) is 0 Å². The molecule has 3 rings (SSSR count). The number of nitrogens with one attached hydrogen (secondary N) is 1. The normalized spacial score (nSPS) is 19.6. The van der Waals surface area contributed by atoms with Crippen molar-refractivity contribution in [3.63, 3.8) is 0 Å². The van der Waals surface area contributed by atoms with Crippen molar-refractivity contribution in [2.75, 3.05) is 20.2 Å². The van der Waals surface area contributed by atoms with Crippen LogP contribution in [0.5, 0.6) is 5.75 Å². The molecule has 0 radical (unpaired) electrons. The SMILES string of the molecule is COc1ccn2c(CC3CCNC3)nc(Cl)c2c1. The van der Waals surface area contributed by atoms with Gasteiger partial charge in [-0.25, -0.2) is 4.98 Å². The second-order valence-corrected chi connectivity index (χ2v) is 5.06. The summed E-state index contributed by atoms with van der Waals surface area (Å²) < 4.78 is 7.27. The molecule has 1 fully saturated rings. The fourth-order valence-electron chi connectivity index (χ4n) is 2.51. The van der Waals surface area contributed by atoms with Crippen molar-refractivity contribution in [3.8, 4) is 5.75 Å². The number of halogens is 1. The van der Waals surface area contributed by atoms with Gasteiger partial charge >= 0.3 is 0 Å². The van der Waals surface area contributed by atoms with E-state index in [0.29, 0.717) is 11.1 Å². The average molecular weight is 266 g/mol. The molecule has 18 heavy (non-hydrogen) atoms. The quantitative estimate of drug-likeness (QED) is 0.924. The minimum Gasteiger partial charge on any atom is -0.497 e. The van der Waals surface area contributed by atoms with E-state index in [9.17, 15) is 0 Å². The van der Waals surface area contributed by atoms with Gasteiger partial charge in [0.2, 0.25) is 0 Å². The zero-order chi connectivity index (χ0) is 12.5. The van der Waals surface area contributed by atoms with Gasteiger partial charge in [0.15, 0.2) is 5.15 Å². The first-order chi connectivity index (χ1) is 8.78. The molecule has 4 nitrogen and oxygen atoms in total. The molecule has 1 aliphatic rings. The zero-order valence-corrected chi connectivity index (χ0v) is 11.1. The Bertz CT molecular complexity index is 561. The molecule has 0 bridgehead atoms. The third kappa shape index (κ3) is 2.06. The standard InChI is InChI=1S/C13H16ClN3O/c1-18-10-3-5-17-11(7-10)13(14)16-12(17)6-9-2-4-15-8-9/h3,5,7,9,15H,2,4,6,8H2,1H3. The third-order valence-electron chi connectivity index (χ3n) is 3.51. The van der Waals surface area contributed by atoms with E-state index in [1.54, 1.807) is 7.11 Å². The summed E-state index contributed by atoms with van der Waals surface area (Å²) in [6.07, 6.45) is 4.15. The highest BCUT2D eigenvalue weighted by atomic mass is 35.5. The maximum Gasteiger partial charge on any atom is 0.155 e. The molecular formula is C13H16ClN3O. The van der Waals surface area contributed by atoms with Gasteiger partial charge in [0.1, 0.15) is 11.6 Å². The van der Waals surface area contributed by atoms with Crippen LogP contribution in [-0.4, -0.2) is 29.6 Å². The van der Waals surface area contributed by atoms with E-state index >= 15 is 0 Å². The van der Waals surface area contributed by atoms with Crippen LogP contribution in [0.1, 0.15) is 12.2 Å². The molecule has 0 aliphatic carbocycles. The monoisotopic (exact) mass is 265 g/mol. The summed E-state index contributed by atoms with van der Waals surface area (Å²) >= 11 is 6.19. The molecule has 2 aromatic rings. The summed E-state index contributed by atoms with van der Waals surface area (Å²) in [6.45, 7) is 2.18. The highest BCUT2D eigenvalue weighted by molar-refractivity contribution is 6.32. The maximum absolute atomic E-state index is 6.19. The summed E-state index contributed by atoms with van der Waals surface area (Å²) in [4.78, 5) is 4.47. The Kier molecular flexibility index (Phi) is 3.14. The van der Waals surface area contributed by atoms with Gasteiger partial charge in [-0.15, -0.1) is 0 Å². The van der Waals surface area contributed by atoms with E-state index in [1.807, 2.05) is 18.3 Å². The Hall–Kier alpha value is -1.26. The van der Waals surface area contributed by atoms with Crippen molar-refractivity contribution in [2.24, 2.45) is 5.92 Å². The Morgan fingerprint density at radius 2 is 2.50 bits per heavy atom. The van der Waals surface area contributed by atoms with Crippen LogP contribution in [-0.2, 0) is 6.42 Å². The summed E-state index contributed by atoms with van der Waals surface area (Å²) in [5, 5.41) is 3.93. The van der Waals surface area contributed by atoms with E-state index in [-0.39, 0.29) is 0 Å². The summed E-state index contributed by atoms with van der Waals surface area (Å²) in [6, 6.07) is 3.85. The molecule has 0 aromatic carbocycles. The van der Waals surface area contributed by atoms with Crippen LogP contribution >= 0.6 is 11.6 Å². The fraction of sp³-hybridized carbons (Fsp3) is 0.462. The number of nitrogens with zero attached hydrogens (tertiary/aromatic N) is 2. The van der Waals surface area contributed by atoms with Gasteiger partial charge in [0.25, 0.3) is 0 Å². The fourth-order valence-corrected chi connectivity index (χ4v) is 2.75. The molecule has 1 atom stereocenters. The topological polar surface area (TPSA) is 38.6 Å². The van der Waals surface area contributed by atoms with Gasteiger partial charge in [-0.2, -0.15) is 0 Å². The first kappa shape index (κ1) is 11.8. The molecule has 2 aromatic heterocycles. The van der Waals surface area contributed by atoms with Crippen molar-refractivity contribution >= 4 is 17.1 Å². The minimum absolute atomic E-state index is 0.551. The number of pyridine rings is 1. The molecule has 3 heterocycles. The van der Waals surface area contributed by atoms with Crippen molar-refractivity contribution in [2.45, 2.75) is 12.8 Å². The van der Waals surface area contributed by atoms with Gasteiger partial charge < -0.3 is 14.5 Å². The van der Waals surface area contributed by atoms with Gasteiger partial charge in [0, 0.05) is 18.7 Å². The van der Waals surface area contributed by atoms with Crippen molar-refractivity contribution < 1.29 is 4.74 Å². The van der Waals surface area contributed by atoms with Crippen LogP contribution in [0.25, 0.3) is 5.52 Å². The van der Waals surface area contributed by atoms with E-state index in [0.717, 1.165) is 36.6 Å². The highest BCUT2D eigenvalue weighted by Gasteiger charge is 2.19. The predicted octanol–water partition coefficient (Wildman–Crippen LogP) is 2.15. The minimum atomic E-state index is 0.551. The lowest BCUT2D eigenvalue weighted by atomic mass is 10.1. The molecule has 1 saturated heterocycles. The van der Waals surface area contributed by atoms with E-state index in [4.69, 9.17) is 16.3 Å². The van der Waals surface area contributed by atoms with Gasteiger partial charge in [0.05, 0.1) is 12.6 Å². The summed E-state index contributed by atoms with van der Waals surface area (Å²) in [5.74, 6) is 2.50. The van der Waals surface area contributed by atoms with Crippen LogP contribution < -0.4 is 10.1 Å². The molecule has 0 spiro atoms. The van der Waals surface area contributed by atoms with Crippen molar-refractivity contribution in [1.29, 1.82) is 0 Å². The van der Waals surface area contributed by atoms with E-state index in [1.165, 1.54) is 6.42 Å². The first-order valence-electron chi connectivity index (χ1n) is 6.19. The molecular weight excluding hydrogens is 250 g/mol. The van der Waals surface area contributed by atoms with Crippen LogP contribution in [0.15, 0.2) is 18.3 Å². The number of hydrogen-bond donors (Lipinski definition) is 1. The molecule has 96 valence electrons. The third-order valence-corrected chi connectivity index (χ3v) is 3.79. The van der Waals surface area contributed by atoms with Crippen molar-refractivity contribution in [1.82, 2.24) is 14.7 Å². The summed E-state index contributed by atoms with van der Waals surface area (Å²) in [7, 11) is 1.65. The smallest absolute Gasteiger partial charge is 0.155 e. The zero-order valence-electron chi connectivity index (χ0n) is 10.3. The second kappa shape index (κ2) is 4.78. The Labute approximate surface area is 111 Å². The number of aromatic nitrogens is 2. The number of hydrogen-bond acceptors (Lipinski definition) is 3. The number of fused-ring (bicyclic) bond motifs is 1. The van der Waals surface area contributed by atoms with Crippen LogP contribution in [0.2, 0.25) is 5.15 Å². The van der Waals surface area contributed by atoms with Crippen molar-refractivity contribution in [3.05, 3.63) is 29.3 Å². The summed E-state index contributed by atoms with van der Waals surface area (Å²) in [5.41, 5.74) is 0.914. The molecule has 0 saturated carbocycles. The number of methoxy groups -OCH3 is 1. The average Bonchev–Trinajstić information content (AvgIpc) is 2.99. The Morgan fingerprint density at radius 1 is 1.61 bits per heavy atom. The molecule has 1 N–H and O–H groups in total.